The first-order valence-corrected chi connectivity index (χ1v) is 14.2. The van der Waals surface area contributed by atoms with Gasteiger partial charge in [0.25, 0.3) is 0 Å². The molecule has 0 bridgehead atoms. The van der Waals surface area contributed by atoms with E-state index >= 15 is 0 Å². The number of benzene rings is 5. The van der Waals surface area contributed by atoms with Gasteiger partial charge in [0.05, 0.1) is 0 Å². The summed E-state index contributed by atoms with van der Waals surface area (Å²) >= 11 is 0. The summed E-state index contributed by atoms with van der Waals surface area (Å²) in [6.45, 7) is 0.183. The van der Waals surface area contributed by atoms with Gasteiger partial charge in [-0.3, -0.25) is 0 Å². The van der Waals surface area contributed by atoms with Crippen molar-refractivity contribution in [2.45, 2.75) is 12.2 Å². The summed E-state index contributed by atoms with van der Waals surface area (Å²) in [6.07, 6.45) is -1.70. The summed E-state index contributed by atoms with van der Waals surface area (Å²) in [5, 5.41) is 20.7. The number of hydrogen-bond acceptors (Lipinski definition) is 8. The van der Waals surface area contributed by atoms with Gasteiger partial charge in [-0.25, -0.2) is 0 Å². The number of rotatable bonds is 16. The molecular formula is C36H34O8. The molecule has 5 rings (SSSR count). The van der Waals surface area contributed by atoms with Crippen LogP contribution in [0.3, 0.4) is 0 Å². The minimum atomic E-state index is -0.849. The molecule has 44 heavy (non-hydrogen) atoms. The molecule has 8 nitrogen and oxygen atoms in total. The van der Waals surface area contributed by atoms with Gasteiger partial charge >= 0.3 is 0 Å². The van der Waals surface area contributed by atoms with E-state index in [1.807, 2.05) is 60.7 Å². The van der Waals surface area contributed by atoms with Gasteiger partial charge in [-0.2, -0.15) is 0 Å². The third kappa shape index (κ3) is 9.97. The number of hydrogen-bond donors (Lipinski definition) is 2. The molecule has 8 heteroatoms. The lowest BCUT2D eigenvalue weighted by atomic mass is 10.3. The largest absolute Gasteiger partial charge is 0.491 e. The van der Waals surface area contributed by atoms with E-state index in [-0.39, 0.29) is 26.4 Å². The maximum absolute atomic E-state index is 10.3. The maximum atomic E-state index is 10.3. The fourth-order valence-corrected chi connectivity index (χ4v) is 3.98. The molecule has 2 unspecified atom stereocenters. The Labute approximate surface area is 256 Å². The Bertz CT molecular complexity index is 1410. The van der Waals surface area contributed by atoms with E-state index in [2.05, 4.69) is 0 Å². The standard InChI is InChI=1S/C36H34O8/c37-27(23-39-29-14-18-33(19-15-29)43-31-8-3-1-4-9-31)25-41-35-12-7-13-36(22-35)42-26-28(38)24-40-30-16-20-34(21-17-30)44-32-10-5-2-6-11-32/h1-22,27-28,37-38H,23-26H2. The van der Waals surface area contributed by atoms with Gasteiger partial charge in [-0.05, 0) is 84.9 Å². The van der Waals surface area contributed by atoms with E-state index in [4.69, 9.17) is 28.4 Å². The maximum Gasteiger partial charge on any atom is 0.127 e. The molecule has 5 aromatic carbocycles. The van der Waals surface area contributed by atoms with E-state index < -0.39 is 12.2 Å². The predicted molar refractivity (Wildman–Crippen MR) is 166 cm³/mol. The summed E-state index contributed by atoms with van der Waals surface area (Å²) in [4.78, 5) is 0. The van der Waals surface area contributed by atoms with Crippen molar-refractivity contribution in [1.29, 1.82) is 0 Å². The van der Waals surface area contributed by atoms with Crippen molar-refractivity contribution in [2.24, 2.45) is 0 Å². The normalized spacial score (nSPS) is 12.0. The van der Waals surface area contributed by atoms with Crippen molar-refractivity contribution >= 4 is 0 Å². The highest BCUT2D eigenvalue weighted by Gasteiger charge is 2.10. The van der Waals surface area contributed by atoms with Crippen LogP contribution in [0.4, 0.5) is 0 Å². The first-order valence-electron chi connectivity index (χ1n) is 14.2. The van der Waals surface area contributed by atoms with Gasteiger partial charge in [0, 0.05) is 6.07 Å². The quantitative estimate of drug-likeness (QED) is 0.127. The van der Waals surface area contributed by atoms with Crippen molar-refractivity contribution in [3.05, 3.63) is 133 Å². The lowest BCUT2D eigenvalue weighted by molar-refractivity contribution is 0.0601. The molecule has 0 spiro atoms. The van der Waals surface area contributed by atoms with E-state index in [1.54, 1.807) is 72.8 Å². The van der Waals surface area contributed by atoms with Crippen LogP contribution in [0.1, 0.15) is 0 Å². The fourth-order valence-electron chi connectivity index (χ4n) is 3.98. The minimum Gasteiger partial charge on any atom is -0.491 e. The Morgan fingerprint density at radius 3 is 1.02 bits per heavy atom. The van der Waals surface area contributed by atoms with Crippen molar-refractivity contribution in [2.75, 3.05) is 26.4 Å². The van der Waals surface area contributed by atoms with Crippen molar-refractivity contribution < 1.29 is 38.6 Å². The molecule has 226 valence electrons. The van der Waals surface area contributed by atoms with Gasteiger partial charge in [-0.15, -0.1) is 0 Å². The number of aliphatic hydroxyl groups excluding tert-OH is 2. The highest BCUT2D eigenvalue weighted by molar-refractivity contribution is 5.37. The molecule has 0 saturated heterocycles. The van der Waals surface area contributed by atoms with Gasteiger partial charge in [-0.1, -0.05) is 42.5 Å². The van der Waals surface area contributed by atoms with Crippen molar-refractivity contribution in [1.82, 2.24) is 0 Å². The average molecular weight is 595 g/mol. The first-order chi connectivity index (χ1) is 21.6. The second-order valence-electron chi connectivity index (χ2n) is 9.80. The zero-order chi connectivity index (χ0) is 30.4. The third-order valence-electron chi connectivity index (χ3n) is 6.18. The highest BCUT2D eigenvalue weighted by atomic mass is 16.5. The zero-order valence-electron chi connectivity index (χ0n) is 24.0. The molecule has 0 amide bonds. The Hall–Kier alpha value is -5.18. The summed E-state index contributed by atoms with van der Waals surface area (Å²) in [5.74, 6) is 5.14. The van der Waals surface area contributed by atoms with E-state index in [0.717, 1.165) is 11.5 Å². The van der Waals surface area contributed by atoms with Crippen LogP contribution in [0.15, 0.2) is 133 Å². The lowest BCUT2D eigenvalue weighted by Gasteiger charge is -2.16. The van der Waals surface area contributed by atoms with Gasteiger partial charge in [0.15, 0.2) is 0 Å². The molecule has 0 aliphatic heterocycles. The highest BCUT2D eigenvalue weighted by Crippen LogP contribution is 2.25. The van der Waals surface area contributed by atoms with E-state index in [0.29, 0.717) is 34.5 Å². The predicted octanol–water partition coefficient (Wildman–Crippen LogP) is 6.91. The Kier molecular flexibility index (Phi) is 10.9. The topological polar surface area (TPSA) is 95.8 Å². The molecule has 0 heterocycles. The molecule has 2 atom stereocenters. The third-order valence-corrected chi connectivity index (χ3v) is 6.18. The lowest BCUT2D eigenvalue weighted by Crippen LogP contribution is -2.25. The van der Waals surface area contributed by atoms with Crippen LogP contribution < -0.4 is 28.4 Å². The SMILES string of the molecule is OC(COc1ccc(Oc2ccccc2)cc1)COc1cccc(OCC(O)COc2ccc(Oc3ccccc3)cc2)c1. The monoisotopic (exact) mass is 594 g/mol. The molecule has 0 aliphatic rings. The summed E-state index contributed by atoms with van der Waals surface area (Å²) in [7, 11) is 0. The van der Waals surface area contributed by atoms with Gasteiger partial charge in [0.1, 0.15) is 84.6 Å². The van der Waals surface area contributed by atoms with Crippen LogP contribution in [-0.4, -0.2) is 48.8 Å². The van der Waals surface area contributed by atoms with Crippen LogP contribution in [0.25, 0.3) is 0 Å². The van der Waals surface area contributed by atoms with E-state index in [1.165, 1.54) is 0 Å². The minimum absolute atomic E-state index is 0.0320. The second kappa shape index (κ2) is 15.9. The van der Waals surface area contributed by atoms with Crippen LogP contribution in [0.2, 0.25) is 0 Å². The van der Waals surface area contributed by atoms with Gasteiger partial charge < -0.3 is 38.6 Å². The molecule has 5 aromatic rings. The second-order valence-corrected chi connectivity index (χ2v) is 9.80. The molecule has 0 aromatic heterocycles. The summed E-state index contributed by atoms with van der Waals surface area (Å²) in [6, 6.07) is 40.4. The molecule has 0 aliphatic carbocycles. The molecular weight excluding hydrogens is 560 g/mol. The van der Waals surface area contributed by atoms with Crippen molar-refractivity contribution in [3.8, 4) is 46.0 Å². The summed E-state index contributed by atoms with van der Waals surface area (Å²) in [5.41, 5.74) is 0. The van der Waals surface area contributed by atoms with Crippen molar-refractivity contribution in [3.63, 3.8) is 0 Å². The number of ether oxygens (including phenoxy) is 6. The Morgan fingerprint density at radius 2 is 0.636 bits per heavy atom. The Morgan fingerprint density at radius 1 is 0.341 bits per heavy atom. The summed E-state index contributed by atoms with van der Waals surface area (Å²) < 4.78 is 34.3. The fraction of sp³-hybridized carbons (Fsp3) is 0.167. The first kappa shape index (κ1) is 30.3. The molecule has 2 N–H and O–H groups in total. The zero-order valence-corrected chi connectivity index (χ0v) is 24.0. The smallest absolute Gasteiger partial charge is 0.127 e. The van der Waals surface area contributed by atoms with Gasteiger partial charge in [0.2, 0.25) is 0 Å². The van der Waals surface area contributed by atoms with Crippen LogP contribution in [-0.2, 0) is 0 Å². The van der Waals surface area contributed by atoms with Crippen LogP contribution >= 0.6 is 0 Å². The van der Waals surface area contributed by atoms with Crippen LogP contribution in [0, 0.1) is 0 Å². The molecule has 0 radical (unpaired) electrons. The molecule has 0 saturated carbocycles. The number of aliphatic hydroxyl groups is 2. The van der Waals surface area contributed by atoms with E-state index in [9.17, 15) is 10.2 Å². The van der Waals surface area contributed by atoms with Crippen LogP contribution in [0.5, 0.6) is 46.0 Å². The number of para-hydroxylation sites is 2. The molecule has 0 fully saturated rings. The average Bonchev–Trinajstić information content (AvgIpc) is 3.07. The Balaban J connectivity index is 0.984.